The summed E-state index contributed by atoms with van der Waals surface area (Å²) < 4.78 is 0. The first-order chi connectivity index (χ1) is 12.1. The molecule has 0 amide bonds. The fraction of sp³-hybridized carbons (Fsp3) is 0.769. The van der Waals surface area contributed by atoms with Crippen molar-refractivity contribution in [2.75, 3.05) is 0 Å². The zero-order valence-electron chi connectivity index (χ0n) is 19.0. The van der Waals surface area contributed by atoms with E-state index in [2.05, 4.69) is 80.5 Å². The van der Waals surface area contributed by atoms with Gasteiger partial charge in [0.25, 0.3) is 0 Å². The summed E-state index contributed by atoms with van der Waals surface area (Å²) in [5, 5.41) is 0. The molecule has 5 unspecified atom stereocenters. The molecule has 148 valence electrons. The highest BCUT2D eigenvalue weighted by molar-refractivity contribution is 5.38. The number of hydrogen-bond acceptors (Lipinski definition) is 0. The predicted octanol–water partition coefficient (Wildman–Crippen LogP) is 8.38. The van der Waals surface area contributed by atoms with E-state index in [1.807, 2.05) is 0 Å². The molecule has 1 aliphatic carbocycles. The summed E-state index contributed by atoms with van der Waals surface area (Å²) in [7, 11) is 0. The van der Waals surface area contributed by atoms with E-state index in [-0.39, 0.29) is 0 Å². The molecule has 1 fully saturated rings. The van der Waals surface area contributed by atoms with Crippen LogP contribution in [0.4, 0.5) is 0 Å². The Morgan fingerprint density at radius 3 is 2.00 bits per heavy atom. The van der Waals surface area contributed by atoms with Crippen molar-refractivity contribution in [2.24, 2.45) is 29.6 Å². The first-order valence-electron chi connectivity index (χ1n) is 11.2. The summed E-state index contributed by atoms with van der Waals surface area (Å²) in [4.78, 5) is 0. The minimum absolute atomic E-state index is 0.612. The van der Waals surface area contributed by atoms with Crippen LogP contribution in [0.25, 0.3) is 0 Å². The lowest BCUT2D eigenvalue weighted by molar-refractivity contribution is 0.161. The van der Waals surface area contributed by atoms with E-state index in [0.717, 1.165) is 29.6 Å². The molecule has 1 saturated carbocycles. The Kier molecular flexibility index (Phi) is 7.40. The fourth-order valence-corrected chi connectivity index (χ4v) is 4.96. The molecule has 1 aromatic carbocycles. The highest BCUT2D eigenvalue weighted by atomic mass is 14.4. The summed E-state index contributed by atoms with van der Waals surface area (Å²) in [6.45, 7) is 21.6. The summed E-state index contributed by atoms with van der Waals surface area (Å²) >= 11 is 0. The lowest BCUT2D eigenvalue weighted by Crippen LogP contribution is -2.28. The summed E-state index contributed by atoms with van der Waals surface area (Å²) in [5.41, 5.74) is 4.82. The molecule has 0 heterocycles. The molecular formula is C26H44. The third-order valence-electron chi connectivity index (χ3n) is 7.48. The van der Waals surface area contributed by atoms with Crippen LogP contribution in [0.2, 0.25) is 0 Å². The van der Waals surface area contributed by atoms with Gasteiger partial charge in [0, 0.05) is 0 Å². The van der Waals surface area contributed by atoms with Crippen molar-refractivity contribution in [3.63, 3.8) is 0 Å². The normalized spacial score (nSPS) is 26.5. The molecule has 0 bridgehead atoms. The van der Waals surface area contributed by atoms with E-state index >= 15 is 0 Å². The first kappa shape index (κ1) is 21.5. The molecule has 1 aliphatic rings. The van der Waals surface area contributed by atoms with Gasteiger partial charge in [0.15, 0.2) is 0 Å². The van der Waals surface area contributed by atoms with Crippen molar-refractivity contribution in [3.05, 3.63) is 34.9 Å². The van der Waals surface area contributed by atoms with Gasteiger partial charge in [-0.15, -0.1) is 0 Å². The molecule has 0 aliphatic heterocycles. The van der Waals surface area contributed by atoms with Crippen LogP contribution >= 0.6 is 0 Å². The fourth-order valence-electron chi connectivity index (χ4n) is 4.96. The Balaban J connectivity index is 2.39. The molecule has 5 atom stereocenters. The average molecular weight is 357 g/mol. The van der Waals surface area contributed by atoms with Gasteiger partial charge in [0.05, 0.1) is 0 Å². The first-order valence-corrected chi connectivity index (χ1v) is 11.2. The highest BCUT2D eigenvalue weighted by Gasteiger charge is 2.33. The topological polar surface area (TPSA) is 0 Å². The molecule has 0 nitrogen and oxygen atoms in total. The van der Waals surface area contributed by atoms with Crippen LogP contribution in [-0.2, 0) is 0 Å². The van der Waals surface area contributed by atoms with Crippen LogP contribution in [0, 0.1) is 29.6 Å². The number of rotatable bonds is 6. The lowest BCUT2D eigenvalue weighted by atomic mass is 9.66. The second-order valence-corrected chi connectivity index (χ2v) is 10.4. The van der Waals surface area contributed by atoms with Crippen LogP contribution in [0.1, 0.15) is 116 Å². The van der Waals surface area contributed by atoms with Gasteiger partial charge in [-0.2, -0.15) is 0 Å². The Bertz CT molecular complexity index is 565. The molecule has 1 aromatic rings. The maximum Gasteiger partial charge on any atom is -0.0154 e. The van der Waals surface area contributed by atoms with Crippen LogP contribution in [0.3, 0.4) is 0 Å². The van der Waals surface area contributed by atoms with Gasteiger partial charge in [-0.05, 0) is 83.3 Å². The minimum Gasteiger partial charge on any atom is -0.0625 e. The van der Waals surface area contributed by atoms with Crippen molar-refractivity contribution in [1.82, 2.24) is 0 Å². The van der Waals surface area contributed by atoms with Gasteiger partial charge in [-0.25, -0.2) is 0 Å². The standard InChI is InChI=1S/C26H44/c1-16(2)20(8)23-12-19(7)13-24(14-23)25-11-10-22(18(5)6)15-26(25)21(9)17(3)4/h10-11,15-21,23-24H,12-14H2,1-9H3. The molecule has 0 heteroatoms. The molecule has 26 heavy (non-hydrogen) atoms. The van der Waals surface area contributed by atoms with Crippen LogP contribution < -0.4 is 0 Å². The van der Waals surface area contributed by atoms with E-state index < -0.39 is 0 Å². The van der Waals surface area contributed by atoms with Crippen molar-refractivity contribution >= 4 is 0 Å². The second-order valence-electron chi connectivity index (χ2n) is 10.4. The second kappa shape index (κ2) is 8.94. The highest BCUT2D eigenvalue weighted by Crippen LogP contribution is 2.46. The molecule has 0 radical (unpaired) electrons. The third kappa shape index (κ3) is 4.93. The summed E-state index contributed by atoms with van der Waals surface area (Å²) in [6.07, 6.45) is 4.19. The maximum absolute atomic E-state index is 2.55. The summed E-state index contributed by atoms with van der Waals surface area (Å²) in [6, 6.07) is 7.46. The van der Waals surface area contributed by atoms with Gasteiger partial charge in [-0.3, -0.25) is 0 Å². The SMILES string of the molecule is CC1CC(c2ccc(C(C)C)cc2C(C)C(C)C)CC(C(C)C(C)C)C1. The Morgan fingerprint density at radius 1 is 0.808 bits per heavy atom. The van der Waals surface area contributed by atoms with E-state index in [1.165, 1.54) is 24.8 Å². The zero-order chi connectivity index (χ0) is 19.6. The van der Waals surface area contributed by atoms with Crippen molar-refractivity contribution in [1.29, 1.82) is 0 Å². The Labute approximate surface area is 164 Å². The zero-order valence-corrected chi connectivity index (χ0v) is 19.0. The molecule has 0 N–H and O–H groups in total. The maximum atomic E-state index is 2.55. The minimum atomic E-state index is 0.612. The van der Waals surface area contributed by atoms with Gasteiger partial charge in [0.2, 0.25) is 0 Å². The third-order valence-corrected chi connectivity index (χ3v) is 7.48. The molecule has 0 saturated heterocycles. The van der Waals surface area contributed by atoms with Crippen LogP contribution in [0.15, 0.2) is 18.2 Å². The van der Waals surface area contributed by atoms with E-state index in [1.54, 1.807) is 11.1 Å². The van der Waals surface area contributed by atoms with Gasteiger partial charge >= 0.3 is 0 Å². The Hall–Kier alpha value is -0.780. The number of benzene rings is 1. The molecular weight excluding hydrogens is 312 g/mol. The molecule has 0 aromatic heterocycles. The van der Waals surface area contributed by atoms with Crippen LogP contribution in [0.5, 0.6) is 0 Å². The van der Waals surface area contributed by atoms with Crippen LogP contribution in [-0.4, -0.2) is 0 Å². The smallest absolute Gasteiger partial charge is 0.0154 e. The van der Waals surface area contributed by atoms with Crippen molar-refractivity contribution in [3.8, 4) is 0 Å². The largest absolute Gasteiger partial charge is 0.0625 e. The molecule has 2 rings (SSSR count). The molecule has 0 spiro atoms. The van der Waals surface area contributed by atoms with E-state index in [9.17, 15) is 0 Å². The van der Waals surface area contributed by atoms with Crippen molar-refractivity contribution < 1.29 is 0 Å². The van der Waals surface area contributed by atoms with Gasteiger partial charge < -0.3 is 0 Å². The van der Waals surface area contributed by atoms with Gasteiger partial charge in [0.1, 0.15) is 0 Å². The van der Waals surface area contributed by atoms with Gasteiger partial charge in [-0.1, -0.05) is 80.5 Å². The Morgan fingerprint density at radius 2 is 1.46 bits per heavy atom. The van der Waals surface area contributed by atoms with Crippen molar-refractivity contribution in [2.45, 2.75) is 99.3 Å². The predicted molar refractivity (Wildman–Crippen MR) is 117 cm³/mol. The average Bonchev–Trinajstić information content (AvgIpc) is 2.58. The monoisotopic (exact) mass is 356 g/mol. The lowest BCUT2D eigenvalue weighted by Gasteiger charge is -2.39. The van der Waals surface area contributed by atoms with E-state index in [4.69, 9.17) is 0 Å². The quantitative estimate of drug-likeness (QED) is 0.480. The number of hydrogen-bond donors (Lipinski definition) is 0. The van der Waals surface area contributed by atoms with E-state index in [0.29, 0.717) is 17.8 Å². The summed E-state index contributed by atoms with van der Waals surface area (Å²) in [5.74, 6) is 6.07.